The summed E-state index contributed by atoms with van der Waals surface area (Å²) in [4.78, 5) is 11.6. The Morgan fingerprint density at radius 2 is 2.38 bits per heavy atom. The molecule has 1 aromatic heterocycles. The molecular weight excluding hydrogens is 226 g/mol. The van der Waals surface area contributed by atoms with Crippen molar-refractivity contribution in [3.63, 3.8) is 0 Å². The number of nitrogens with two attached hydrogens (primary N) is 1. The lowest BCUT2D eigenvalue weighted by Crippen LogP contribution is -2.25. The normalized spacial score (nSPS) is 11.4. The van der Waals surface area contributed by atoms with Crippen LogP contribution in [0.25, 0.3) is 0 Å². The van der Waals surface area contributed by atoms with Crippen LogP contribution in [-0.4, -0.2) is 23.5 Å². The van der Waals surface area contributed by atoms with Crippen molar-refractivity contribution in [1.82, 2.24) is 5.32 Å². The first-order valence-corrected chi connectivity index (χ1v) is 5.87. The molecule has 16 heavy (non-hydrogen) atoms. The van der Waals surface area contributed by atoms with Gasteiger partial charge >= 0.3 is 0 Å². The average molecular weight is 241 g/mol. The summed E-state index contributed by atoms with van der Waals surface area (Å²) in [7, 11) is 0. The van der Waals surface area contributed by atoms with E-state index in [9.17, 15) is 4.79 Å². The number of aryl methyl sites for hydroxylation is 1. The monoisotopic (exact) mass is 241 g/mol. The van der Waals surface area contributed by atoms with E-state index < -0.39 is 0 Å². The molecule has 0 aliphatic carbocycles. The molecule has 0 saturated heterocycles. The van der Waals surface area contributed by atoms with Gasteiger partial charge in [0.25, 0.3) is 5.91 Å². The van der Waals surface area contributed by atoms with Crippen LogP contribution in [0.5, 0.6) is 0 Å². The van der Waals surface area contributed by atoms with Crippen LogP contribution < -0.4 is 11.1 Å². The van der Waals surface area contributed by atoms with Gasteiger partial charge in [-0.1, -0.05) is 5.16 Å². The predicted octanol–water partition coefficient (Wildman–Crippen LogP) is 1.31. The molecule has 1 aromatic rings. The third kappa shape index (κ3) is 3.54. The van der Waals surface area contributed by atoms with E-state index in [2.05, 4.69) is 10.5 Å². The molecule has 0 spiro atoms. The standard InChI is InChI=1S/C10H15N3O2S/c1-7-5-16-6-8(7)10(14)12-4-2-3-9(11)13-15/h5-6,15H,2-4H2,1H3,(H2,11,13)(H,12,14). The molecule has 0 saturated carbocycles. The van der Waals surface area contributed by atoms with Gasteiger partial charge in [0.2, 0.25) is 0 Å². The first-order valence-electron chi connectivity index (χ1n) is 4.92. The number of thiophene rings is 1. The van der Waals surface area contributed by atoms with Crippen molar-refractivity contribution in [2.45, 2.75) is 19.8 Å². The summed E-state index contributed by atoms with van der Waals surface area (Å²) >= 11 is 1.51. The molecule has 0 radical (unpaired) electrons. The van der Waals surface area contributed by atoms with Crippen LogP contribution in [0, 0.1) is 6.92 Å². The Morgan fingerprint density at radius 1 is 1.62 bits per heavy atom. The zero-order chi connectivity index (χ0) is 12.0. The Hall–Kier alpha value is -1.56. The van der Waals surface area contributed by atoms with Crippen LogP contribution in [0.4, 0.5) is 0 Å². The quantitative estimate of drug-likeness (QED) is 0.239. The second-order valence-electron chi connectivity index (χ2n) is 3.42. The minimum Gasteiger partial charge on any atom is -0.409 e. The van der Waals surface area contributed by atoms with Gasteiger partial charge in [0.1, 0.15) is 5.84 Å². The Kier molecular flexibility index (Phi) is 4.78. The first-order chi connectivity index (χ1) is 7.65. The lowest BCUT2D eigenvalue weighted by Gasteiger charge is -2.04. The highest BCUT2D eigenvalue weighted by Crippen LogP contribution is 2.13. The van der Waals surface area contributed by atoms with Crippen molar-refractivity contribution in [2.24, 2.45) is 10.9 Å². The molecule has 0 aliphatic rings. The molecule has 1 amide bonds. The van der Waals surface area contributed by atoms with Gasteiger partial charge in [0, 0.05) is 18.3 Å². The van der Waals surface area contributed by atoms with E-state index in [0.717, 1.165) is 5.56 Å². The molecule has 5 nitrogen and oxygen atoms in total. The second kappa shape index (κ2) is 6.12. The van der Waals surface area contributed by atoms with Crippen LogP contribution in [0.2, 0.25) is 0 Å². The van der Waals surface area contributed by atoms with Crippen molar-refractivity contribution in [1.29, 1.82) is 0 Å². The number of amides is 1. The fraction of sp³-hybridized carbons (Fsp3) is 0.400. The summed E-state index contributed by atoms with van der Waals surface area (Å²) < 4.78 is 0. The molecule has 0 aromatic carbocycles. The highest BCUT2D eigenvalue weighted by molar-refractivity contribution is 7.08. The van der Waals surface area contributed by atoms with Crippen LogP contribution in [0.1, 0.15) is 28.8 Å². The van der Waals surface area contributed by atoms with E-state index in [-0.39, 0.29) is 11.7 Å². The number of nitrogens with zero attached hydrogens (tertiary/aromatic N) is 1. The third-order valence-electron chi connectivity index (χ3n) is 2.12. The Balaban J connectivity index is 2.29. The van der Waals surface area contributed by atoms with Crippen LogP contribution in [0.15, 0.2) is 15.9 Å². The molecule has 0 unspecified atom stereocenters. The number of rotatable bonds is 5. The summed E-state index contributed by atoms with van der Waals surface area (Å²) in [5, 5.41) is 17.7. The SMILES string of the molecule is Cc1cscc1C(=O)NCCCC(N)=NO. The summed E-state index contributed by atoms with van der Waals surface area (Å²) in [6.07, 6.45) is 1.13. The summed E-state index contributed by atoms with van der Waals surface area (Å²) in [6.45, 7) is 2.42. The van der Waals surface area contributed by atoms with E-state index in [0.29, 0.717) is 24.9 Å². The summed E-state index contributed by atoms with van der Waals surface area (Å²) in [5.74, 6) is 0.110. The number of carbonyl (C=O) groups is 1. The van der Waals surface area contributed by atoms with E-state index in [4.69, 9.17) is 10.9 Å². The average Bonchev–Trinajstić information content (AvgIpc) is 2.70. The number of oxime groups is 1. The van der Waals surface area contributed by atoms with Gasteiger partial charge in [0.05, 0.1) is 5.56 Å². The maximum atomic E-state index is 11.6. The fourth-order valence-electron chi connectivity index (χ4n) is 1.21. The molecule has 0 atom stereocenters. The highest BCUT2D eigenvalue weighted by atomic mass is 32.1. The summed E-state index contributed by atoms with van der Waals surface area (Å²) in [6, 6.07) is 0. The van der Waals surface area contributed by atoms with Crippen molar-refractivity contribution in [3.05, 3.63) is 21.9 Å². The molecule has 88 valence electrons. The lowest BCUT2D eigenvalue weighted by molar-refractivity contribution is 0.0953. The van der Waals surface area contributed by atoms with Crippen LogP contribution in [0.3, 0.4) is 0 Å². The number of carbonyl (C=O) groups excluding carboxylic acids is 1. The zero-order valence-electron chi connectivity index (χ0n) is 9.06. The molecule has 1 heterocycles. The number of amidine groups is 1. The van der Waals surface area contributed by atoms with E-state index in [1.54, 1.807) is 0 Å². The van der Waals surface area contributed by atoms with Gasteiger partial charge < -0.3 is 16.3 Å². The molecule has 4 N–H and O–H groups in total. The van der Waals surface area contributed by atoms with Crippen molar-refractivity contribution >= 4 is 23.1 Å². The predicted molar refractivity (Wildman–Crippen MR) is 64.0 cm³/mol. The zero-order valence-corrected chi connectivity index (χ0v) is 9.88. The highest BCUT2D eigenvalue weighted by Gasteiger charge is 2.08. The van der Waals surface area contributed by atoms with Gasteiger partial charge in [-0.2, -0.15) is 11.3 Å². The molecule has 0 fully saturated rings. The van der Waals surface area contributed by atoms with Gasteiger partial charge in [-0.15, -0.1) is 0 Å². The van der Waals surface area contributed by atoms with E-state index in [1.807, 2.05) is 17.7 Å². The number of nitrogens with one attached hydrogen (secondary N) is 1. The topological polar surface area (TPSA) is 87.7 Å². The van der Waals surface area contributed by atoms with Crippen molar-refractivity contribution in [3.8, 4) is 0 Å². The Morgan fingerprint density at radius 3 is 2.94 bits per heavy atom. The Bertz CT molecular complexity index is 387. The number of hydrogen-bond acceptors (Lipinski definition) is 4. The maximum absolute atomic E-state index is 11.6. The van der Waals surface area contributed by atoms with Crippen LogP contribution >= 0.6 is 11.3 Å². The molecular formula is C10H15N3O2S. The molecule has 6 heteroatoms. The molecule has 0 bridgehead atoms. The van der Waals surface area contributed by atoms with Crippen molar-refractivity contribution < 1.29 is 10.0 Å². The number of hydrogen-bond donors (Lipinski definition) is 3. The maximum Gasteiger partial charge on any atom is 0.252 e. The minimum atomic E-state index is -0.0711. The third-order valence-corrected chi connectivity index (χ3v) is 2.99. The largest absolute Gasteiger partial charge is 0.409 e. The molecule has 1 rings (SSSR count). The van der Waals surface area contributed by atoms with Crippen molar-refractivity contribution in [2.75, 3.05) is 6.54 Å². The summed E-state index contributed by atoms with van der Waals surface area (Å²) in [5.41, 5.74) is 7.00. The second-order valence-corrected chi connectivity index (χ2v) is 4.16. The van der Waals surface area contributed by atoms with Gasteiger partial charge in [0.15, 0.2) is 0 Å². The Labute approximate surface area is 98.0 Å². The van der Waals surface area contributed by atoms with E-state index >= 15 is 0 Å². The van der Waals surface area contributed by atoms with Gasteiger partial charge in [-0.25, -0.2) is 0 Å². The first kappa shape index (κ1) is 12.5. The molecule has 0 aliphatic heterocycles. The van der Waals surface area contributed by atoms with E-state index in [1.165, 1.54) is 11.3 Å². The van der Waals surface area contributed by atoms with Crippen LogP contribution in [-0.2, 0) is 0 Å². The lowest BCUT2D eigenvalue weighted by atomic mass is 10.2. The van der Waals surface area contributed by atoms with Gasteiger partial charge in [-0.05, 0) is 24.3 Å². The smallest absolute Gasteiger partial charge is 0.252 e. The van der Waals surface area contributed by atoms with Gasteiger partial charge in [-0.3, -0.25) is 4.79 Å². The minimum absolute atomic E-state index is 0.0711. The fourth-order valence-corrected chi connectivity index (χ4v) is 2.04.